The van der Waals surface area contributed by atoms with Crippen molar-refractivity contribution in [3.8, 4) is 22.6 Å². The highest BCUT2D eigenvalue weighted by molar-refractivity contribution is 5.86. The van der Waals surface area contributed by atoms with E-state index < -0.39 is 23.7 Å². The zero-order chi connectivity index (χ0) is 27.1. The predicted octanol–water partition coefficient (Wildman–Crippen LogP) is 5.29. The lowest BCUT2D eigenvalue weighted by Crippen LogP contribution is -2.28. The average molecular weight is 533 g/mol. The van der Waals surface area contributed by atoms with Gasteiger partial charge in [0.25, 0.3) is 11.3 Å². The third kappa shape index (κ3) is 5.36. The molecule has 0 spiro atoms. The third-order valence-corrected chi connectivity index (χ3v) is 5.53. The second-order valence-corrected chi connectivity index (χ2v) is 8.15. The van der Waals surface area contributed by atoms with Gasteiger partial charge in [-0.1, -0.05) is 35.0 Å². The summed E-state index contributed by atoms with van der Waals surface area (Å²) in [7, 11) is 0. The minimum absolute atomic E-state index is 0.0914. The number of rotatable bonds is 5. The van der Waals surface area contributed by atoms with Crippen LogP contribution in [0.2, 0.25) is 0 Å². The van der Waals surface area contributed by atoms with Gasteiger partial charge in [-0.3, -0.25) is 4.79 Å². The van der Waals surface area contributed by atoms with Crippen LogP contribution < -0.4 is 15.0 Å². The Kier molecular flexibility index (Phi) is 6.13. The average Bonchev–Trinajstić information content (AvgIpc) is 3.33. The normalized spacial score (nSPS) is 12.2. The fraction of sp³-hybridized carbons (Fsp3) is 0.120. The summed E-state index contributed by atoms with van der Waals surface area (Å²) in [6.07, 6.45) is -6.53. The number of hydrogen-bond donors (Lipinski definition) is 0. The van der Waals surface area contributed by atoms with Crippen molar-refractivity contribution in [2.24, 2.45) is 0 Å². The standard InChI is InChI=1S/C25H15F6N4O3/c26-24(27,28)18-2-1-3-20(11-18)35-14-19(33-38-35)13-34-23(36)22-10-16(4-5-17(22)12-32-34)15-6-8-21(9-7-15)37-25(29,30)31/h1-12,14H,13H2/q+1. The maximum atomic E-state index is 13.1. The molecule has 13 heteroatoms. The first kappa shape index (κ1) is 25.0. The quantitative estimate of drug-likeness (QED) is 0.227. The van der Waals surface area contributed by atoms with E-state index in [2.05, 4.69) is 15.0 Å². The molecule has 0 radical (unpaired) electrons. The van der Waals surface area contributed by atoms with Gasteiger partial charge < -0.3 is 4.74 Å². The summed E-state index contributed by atoms with van der Waals surface area (Å²) in [6, 6.07) is 14.6. The molecule has 0 aliphatic carbocycles. The zero-order valence-electron chi connectivity index (χ0n) is 19.0. The Labute approximate surface area is 209 Å². The highest BCUT2D eigenvalue weighted by Crippen LogP contribution is 2.30. The number of alkyl halides is 6. The summed E-state index contributed by atoms with van der Waals surface area (Å²) in [5, 5.41) is 8.76. The topological polar surface area (TPSA) is 74.0 Å². The second kappa shape index (κ2) is 9.32. The fourth-order valence-electron chi connectivity index (χ4n) is 3.76. The molecule has 7 nitrogen and oxygen atoms in total. The van der Waals surface area contributed by atoms with Gasteiger partial charge in [0.15, 0.2) is 17.0 Å². The molecule has 2 aromatic heterocycles. The number of benzene rings is 3. The van der Waals surface area contributed by atoms with Gasteiger partial charge >= 0.3 is 12.5 Å². The summed E-state index contributed by atoms with van der Waals surface area (Å²) in [5.74, 6) is -0.372. The van der Waals surface area contributed by atoms with Crippen LogP contribution >= 0.6 is 0 Å². The molecule has 0 saturated heterocycles. The lowest BCUT2D eigenvalue weighted by atomic mass is 10.0. The molecule has 0 fully saturated rings. The first-order chi connectivity index (χ1) is 18.0. The summed E-state index contributed by atoms with van der Waals surface area (Å²) >= 11 is 0. The summed E-state index contributed by atoms with van der Waals surface area (Å²) in [4.78, 5) is 13.1. The van der Waals surface area contributed by atoms with E-state index in [0.29, 0.717) is 21.9 Å². The first-order valence-electron chi connectivity index (χ1n) is 10.9. The van der Waals surface area contributed by atoms with E-state index in [1.165, 1.54) is 48.8 Å². The Morgan fingerprint density at radius 3 is 2.37 bits per heavy atom. The molecule has 0 saturated carbocycles. The number of halogens is 6. The van der Waals surface area contributed by atoms with Crippen LogP contribution in [-0.2, 0) is 12.7 Å². The van der Waals surface area contributed by atoms with Crippen LogP contribution in [0, 0.1) is 0 Å². The lowest BCUT2D eigenvalue weighted by Gasteiger charge is -2.10. The van der Waals surface area contributed by atoms with E-state index in [1.54, 1.807) is 18.2 Å². The number of ether oxygens (including phenoxy) is 1. The van der Waals surface area contributed by atoms with Gasteiger partial charge in [0.05, 0.1) is 17.1 Å². The Bertz CT molecular complexity index is 1670. The number of nitrogens with zero attached hydrogens (tertiary/aromatic N) is 4. The molecule has 3 aromatic carbocycles. The summed E-state index contributed by atoms with van der Waals surface area (Å²) in [5.41, 5.74) is 0.125. The maximum absolute atomic E-state index is 13.1. The van der Waals surface area contributed by atoms with Gasteiger partial charge in [-0.05, 0) is 46.2 Å². The van der Waals surface area contributed by atoms with Crippen LogP contribution in [0.3, 0.4) is 0 Å². The molecule has 0 N–H and O–H groups in total. The number of fused-ring (bicyclic) bond motifs is 1. The van der Waals surface area contributed by atoms with E-state index in [1.807, 2.05) is 0 Å². The van der Waals surface area contributed by atoms with Crippen molar-refractivity contribution in [1.82, 2.24) is 14.9 Å². The van der Waals surface area contributed by atoms with Crippen molar-refractivity contribution < 1.29 is 40.4 Å². The molecule has 0 unspecified atom stereocenters. The Hall–Kier alpha value is -4.68. The summed E-state index contributed by atoms with van der Waals surface area (Å²) < 4.78 is 87.4. The van der Waals surface area contributed by atoms with Crippen LogP contribution in [-0.4, -0.2) is 21.3 Å². The molecule has 0 bridgehead atoms. The minimum atomic E-state index is -4.81. The van der Waals surface area contributed by atoms with Crippen molar-refractivity contribution in [2.45, 2.75) is 19.1 Å². The van der Waals surface area contributed by atoms with Crippen LogP contribution in [0.25, 0.3) is 27.6 Å². The number of hydrogen-bond acceptors (Lipinski definition) is 5. The van der Waals surface area contributed by atoms with Crippen LogP contribution in [0.4, 0.5) is 26.3 Å². The molecule has 2 heterocycles. The van der Waals surface area contributed by atoms with Gasteiger partial charge in [-0.2, -0.15) is 18.3 Å². The molecular weight excluding hydrogens is 518 g/mol. The molecule has 38 heavy (non-hydrogen) atoms. The molecule has 5 aromatic rings. The van der Waals surface area contributed by atoms with E-state index in [-0.39, 0.29) is 23.7 Å². The van der Waals surface area contributed by atoms with Gasteiger partial charge in [0, 0.05) is 11.5 Å². The smallest absolute Gasteiger partial charge is 0.406 e. The Morgan fingerprint density at radius 1 is 0.921 bits per heavy atom. The van der Waals surface area contributed by atoms with E-state index in [4.69, 9.17) is 4.63 Å². The minimum Gasteiger partial charge on any atom is -0.406 e. The van der Waals surface area contributed by atoms with Gasteiger partial charge in [0.2, 0.25) is 0 Å². The highest BCUT2D eigenvalue weighted by Gasteiger charge is 2.32. The van der Waals surface area contributed by atoms with Crippen molar-refractivity contribution in [3.63, 3.8) is 0 Å². The van der Waals surface area contributed by atoms with Crippen molar-refractivity contribution in [3.05, 3.63) is 101 Å². The van der Waals surface area contributed by atoms with E-state index in [9.17, 15) is 31.1 Å². The Morgan fingerprint density at radius 2 is 1.66 bits per heavy atom. The van der Waals surface area contributed by atoms with E-state index >= 15 is 0 Å². The second-order valence-electron chi connectivity index (χ2n) is 8.15. The van der Waals surface area contributed by atoms with E-state index in [0.717, 1.165) is 21.6 Å². The molecule has 5 rings (SSSR count). The van der Waals surface area contributed by atoms with Gasteiger partial charge in [0.1, 0.15) is 12.3 Å². The molecule has 0 aliphatic rings. The molecule has 0 atom stereocenters. The van der Waals surface area contributed by atoms with Crippen molar-refractivity contribution in [2.75, 3.05) is 0 Å². The maximum Gasteiger partial charge on any atom is 0.573 e. The molecule has 0 amide bonds. The highest BCUT2D eigenvalue weighted by atomic mass is 19.4. The van der Waals surface area contributed by atoms with Gasteiger partial charge in [-0.15, -0.1) is 13.2 Å². The largest absolute Gasteiger partial charge is 0.573 e. The monoisotopic (exact) mass is 533 g/mol. The van der Waals surface area contributed by atoms with Crippen LogP contribution in [0.1, 0.15) is 11.3 Å². The Balaban J connectivity index is 1.41. The zero-order valence-corrected chi connectivity index (χ0v) is 19.0. The molecule has 194 valence electrons. The lowest BCUT2D eigenvalue weighted by molar-refractivity contribution is -0.794. The summed E-state index contributed by atoms with van der Waals surface area (Å²) in [6.45, 7) is -0.127. The SMILES string of the molecule is O=c1c2cc(-c3ccc(OC(F)(F)F)cc3)ccc2cnn1Cc1c[n+](-c2cccc(C(F)(F)F)c2)on1. The first-order valence-corrected chi connectivity index (χ1v) is 10.9. The predicted molar refractivity (Wildman–Crippen MR) is 120 cm³/mol. The third-order valence-electron chi connectivity index (χ3n) is 5.53. The van der Waals surface area contributed by atoms with Crippen molar-refractivity contribution >= 4 is 10.8 Å². The fourth-order valence-corrected chi connectivity index (χ4v) is 3.76. The number of aromatic nitrogens is 4. The van der Waals surface area contributed by atoms with Crippen LogP contribution in [0.5, 0.6) is 5.75 Å². The van der Waals surface area contributed by atoms with Gasteiger partial charge in [-0.25, -0.2) is 4.68 Å². The van der Waals surface area contributed by atoms with Crippen LogP contribution in [0.15, 0.2) is 88.5 Å². The molecular formula is C25H15F6N4O3+. The molecule has 0 aliphatic heterocycles. The van der Waals surface area contributed by atoms with Crippen molar-refractivity contribution in [1.29, 1.82) is 0 Å².